The lowest BCUT2D eigenvalue weighted by molar-refractivity contribution is -0.116. The summed E-state index contributed by atoms with van der Waals surface area (Å²) < 4.78 is 5.12. The Morgan fingerprint density at radius 1 is 1.23 bits per heavy atom. The van der Waals surface area contributed by atoms with Gasteiger partial charge in [-0.15, -0.1) is 11.3 Å². The fraction of sp³-hybridized carbons (Fsp3) is 0.632. The molecule has 6 nitrogen and oxygen atoms in total. The third kappa shape index (κ3) is 4.84. The number of hydrogen-bond donors (Lipinski definition) is 1. The highest BCUT2D eigenvalue weighted by Crippen LogP contribution is 2.35. The second-order valence-corrected chi connectivity index (χ2v) is 7.94. The molecular formula is C19H28N2O4S. The first-order valence-electron chi connectivity index (χ1n) is 9.17. The van der Waals surface area contributed by atoms with E-state index in [0.29, 0.717) is 27.8 Å². The molecule has 1 aliphatic carbocycles. The molecule has 0 bridgehead atoms. The van der Waals surface area contributed by atoms with E-state index in [0.717, 1.165) is 17.8 Å². The summed E-state index contributed by atoms with van der Waals surface area (Å²) in [6.07, 6.45) is 6.19. The first-order valence-corrected chi connectivity index (χ1v) is 9.98. The van der Waals surface area contributed by atoms with Crippen LogP contribution in [0.2, 0.25) is 0 Å². The molecule has 7 heteroatoms. The van der Waals surface area contributed by atoms with Crippen molar-refractivity contribution in [3.8, 4) is 0 Å². The molecule has 0 unspecified atom stereocenters. The maximum atomic E-state index is 12.4. The summed E-state index contributed by atoms with van der Waals surface area (Å²) in [5, 5.41) is 3.24. The van der Waals surface area contributed by atoms with Gasteiger partial charge in [0, 0.05) is 20.5 Å². The molecule has 0 atom stereocenters. The van der Waals surface area contributed by atoms with Crippen LogP contribution in [0.4, 0.5) is 5.00 Å². The van der Waals surface area contributed by atoms with Crippen molar-refractivity contribution in [2.24, 2.45) is 5.92 Å². The Kier molecular flexibility index (Phi) is 7.20. The lowest BCUT2D eigenvalue weighted by Crippen LogP contribution is -2.21. The minimum atomic E-state index is -0.509. The lowest BCUT2D eigenvalue weighted by Gasteiger charge is -2.09. The summed E-state index contributed by atoms with van der Waals surface area (Å²) in [7, 11) is 3.32. The van der Waals surface area contributed by atoms with Crippen LogP contribution in [0.25, 0.3) is 0 Å². The second kappa shape index (κ2) is 9.16. The Bertz CT molecular complexity index is 675. The van der Waals surface area contributed by atoms with Gasteiger partial charge in [-0.1, -0.05) is 25.7 Å². The number of nitrogens with zero attached hydrogens (tertiary/aromatic N) is 1. The van der Waals surface area contributed by atoms with Gasteiger partial charge >= 0.3 is 5.97 Å². The number of hydrogen-bond acceptors (Lipinski definition) is 5. The fourth-order valence-electron chi connectivity index (χ4n) is 3.28. The molecule has 1 fully saturated rings. The first-order chi connectivity index (χ1) is 12.3. The van der Waals surface area contributed by atoms with Gasteiger partial charge in [-0.3, -0.25) is 9.59 Å². The number of rotatable bonds is 7. The Labute approximate surface area is 158 Å². The third-order valence-corrected chi connectivity index (χ3v) is 5.93. The summed E-state index contributed by atoms with van der Waals surface area (Å²) in [6, 6.07) is 0. The molecule has 0 radical (unpaired) electrons. The molecule has 144 valence electrons. The van der Waals surface area contributed by atoms with Crippen molar-refractivity contribution in [2.45, 2.75) is 52.4 Å². The Hall–Kier alpha value is -1.89. The highest BCUT2D eigenvalue weighted by molar-refractivity contribution is 7.18. The molecular weight excluding hydrogens is 352 g/mol. The van der Waals surface area contributed by atoms with E-state index in [4.69, 9.17) is 4.74 Å². The number of nitrogens with one attached hydrogen (secondary N) is 1. The normalized spacial score (nSPS) is 14.3. The Morgan fingerprint density at radius 3 is 2.46 bits per heavy atom. The van der Waals surface area contributed by atoms with Gasteiger partial charge < -0.3 is 15.0 Å². The van der Waals surface area contributed by atoms with E-state index in [1.54, 1.807) is 27.9 Å². The molecule has 1 aromatic heterocycles. The van der Waals surface area contributed by atoms with Gasteiger partial charge in [-0.05, 0) is 31.7 Å². The van der Waals surface area contributed by atoms with E-state index >= 15 is 0 Å². The van der Waals surface area contributed by atoms with Crippen molar-refractivity contribution < 1.29 is 19.1 Å². The fourth-order valence-corrected chi connectivity index (χ4v) is 4.51. The highest BCUT2D eigenvalue weighted by Gasteiger charge is 2.27. The largest absolute Gasteiger partial charge is 0.462 e. The number of esters is 1. The van der Waals surface area contributed by atoms with Gasteiger partial charge in [-0.25, -0.2) is 4.79 Å². The van der Waals surface area contributed by atoms with Crippen molar-refractivity contribution in [3.63, 3.8) is 0 Å². The molecule has 0 aliphatic heterocycles. The second-order valence-electron chi connectivity index (χ2n) is 6.92. The van der Waals surface area contributed by atoms with Crippen LogP contribution in [-0.2, 0) is 9.53 Å². The predicted molar refractivity (Wildman–Crippen MR) is 103 cm³/mol. The number of carbonyl (C=O) groups is 3. The van der Waals surface area contributed by atoms with E-state index in [1.165, 1.54) is 30.6 Å². The highest BCUT2D eigenvalue weighted by atomic mass is 32.1. The monoisotopic (exact) mass is 380 g/mol. The van der Waals surface area contributed by atoms with Gasteiger partial charge in [0.25, 0.3) is 5.91 Å². The Balaban J connectivity index is 2.18. The van der Waals surface area contributed by atoms with Crippen molar-refractivity contribution in [3.05, 3.63) is 16.0 Å². The smallest absolute Gasteiger partial charge is 0.341 e. The quantitative estimate of drug-likeness (QED) is 0.729. The van der Waals surface area contributed by atoms with Crippen LogP contribution in [0.3, 0.4) is 0 Å². The first kappa shape index (κ1) is 20.4. The number of carbonyl (C=O) groups excluding carboxylic acids is 3. The lowest BCUT2D eigenvalue weighted by atomic mass is 10.0. The molecule has 0 aromatic carbocycles. The van der Waals surface area contributed by atoms with E-state index in [-0.39, 0.29) is 24.0 Å². The maximum absolute atomic E-state index is 12.4. The molecule has 0 saturated heterocycles. The van der Waals surface area contributed by atoms with Gasteiger partial charge in [0.15, 0.2) is 0 Å². The minimum absolute atomic E-state index is 0.118. The molecule has 1 aliphatic rings. The summed E-state index contributed by atoms with van der Waals surface area (Å²) in [6.45, 7) is 3.68. The average Bonchev–Trinajstić information content (AvgIpc) is 3.20. The SMILES string of the molecule is CCOC(=O)c1c(NC(=O)CCC2CCCC2)sc(C(=O)N(C)C)c1C. The zero-order valence-corrected chi connectivity index (χ0v) is 16.8. The maximum Gasteiger partial charge on any atom is 0.341 e. The summed E-state index contributed by atoms with van der Waals surface area (Å²) >= 11 is 1.14. The molecule has 2 rings (SSSR count). The van der Waals surface area contributed by atoms with Crippen LogP contribution in [0.1, 0.15) is 71.0 Å². The summed E-state index contributed by atoms with van der Waals surface area (Å²) in [5.74, 6) is -0.191. The van der Waals surface area contributed by atoms with Crippen LogP contribution in [0, 0.1) is 12.8 Å². The van der Waals surface area contributed by atoms with E-state index in [1.807, 2.05) is 0 Å². The Morgan fingerprint density at radius 2 is 1.88 bits per heavy atom. The third-order valence-electron chi connectivity index (χ3n) is 4.73. The van der Waals surface area contributed by atoms with E-state index in [2.05, 4.69) is 5.32 Å². The zero-order chi connectivity index (χ0) is 19.3. The molecule has 1 heterocycles. The van der Waals surface area contributed by atoms with Crippen LogP contribution < -0.4 is 5.32 Å². The van der Waals surface area contributed by atoms with E-state index < -0.39 is 5.97 Å². The van der Waals surface area contributed by atoms with Crippen molar-refractivity contribution in [1.29, 1.82) is 0 Å². The predicted octanol–water partition coefficient (Wildman–Crippen LogP) is 3.84. The average molecular weight is 381 g/mol. The number of thiophene rings is 1. The topological polar surface area (TPSA) is 75.7 Å². The van der Waals surface area contributed by atoms with Crippen LogP contribution >= 0.6 is 11.3 Å². The van der Waals surface area contributed by atoms with Gasteiger partial charge in [0.05, 0.1) is 17.0 Å². The number of ether oxygens (including phenoxy) is 1. The van der Waals surface area contributed by atoms with Gasteiger partial charge in [-0.2, -0.15) is 0 Å². The van der Waals surface area contributed by atoms with Crippen LogP contribution in [0.5, 0.6) is 0 Å². The van der Waals surface area contributed by atoms with Crippen molar-refractivity contribution in [2.75, 3.05) is 26.0 Å². The number of amides is 2. The standard InChI is InChI=1S/C19H28N2O4S/c1-5-25-19(24)15-12(2)16(18(23)21(3)4)26-17(15)20-14(22)11-10-13-8-6-7-9-13/h13H,5-11H2,1-4H3,(H,20,22). The van der Waals surface area contributed by atoms with Crippen LogP contribution in [0.15, 0.2) is 0 Å². The van der Waals surface area contributed by atoms with Gasteiger partial charge in [0.1, 0.15) is 5.00 Å². The molecule has 2 amide bonds. The molecule has 1 aromatic rings. The summed E-state index contributed by atoms with van der Waals surface area (Å²) in [4.78, 5) is 39.0. The molecule has 1 N–H and O–H groups in total. The van der Waals surface area contributed by atoms with Crippen molar-refractivity contribution >= 4 is 34.1 Å². The zero-order valence-electron chi connectivity index (χ0n) is 16.0. The van der Waals surface area contributed by atoms with Gasteiger partial charge in [0.2, 0.25) is 5.91 Å². The van der Waals surface area contributed by atoms with Crippen molar-refractivity contribution in [1.82, 2.24) is 4.90 Å². The summed E-state index contributed by atoms with van der Waals surface area (Å²) in [5.41, 5.74) is 0.842. The van der Waals surface area contributed by atoms with E-state index in [9.17, 15) is 14.4 Å². The molecule has 0 spiro atoms. The molecule has 26 heavy (non-hydrogen) atoms. The van der Waals surface area contributed by atoms with Crippen LogP contribution in [-0.4, -0.2) is 43.4 Å². The molecule has 1 saturated carbocycles. The number of anilines is 1. The minimum Gasteiger partial charge on any atom is -0.462 e.